The van der Waals surface area contributed by atoms with Crippen molar-refractivity contribution in [3.63, 3.8) is 0 Å². The number of esters is 1. The molecule has 1 atom stereocenters. The molecular formula is C31H33N5O4. The van der Waals surface area contributed by atoms with E-state index in [2.05, 4.69) is 22.1 Å². The molecule has 1 saturated heterocycles. The van der Waals surface area contributed by atoms with Gasteiger partial charge in [-0.15, -0.1) is 0 Å². The number of piperazine rings is 1. The second kappa shape index (κ2) is 11.7. The van der Waals surface area contributed by atoms with Gasteiger partial charge in [0.05, 0.1) is 36.2 Å². The normalized spacial score (nSPS) is 16.2. The van der Waals surface area contributed by atoms with Crippen LogP contribution < -0.4 is 10.2 Å². The summed E-state index contributed by atoms with van der Waals surface area (Å²) in [5.74, 6) is -0.478. The lowest BCUT2D eigenvalue weighted by atomic mass is 10.00. The van der Waals surface area contributed by atoms with Crippen LogP contribution in [-0.2, 0) is 9.53 Å². The number of amides is 1. The summed E-state index contributed by atoms with van der Waals surface area (Å²) in [5, 5.41) is 15.0. The molecule has 9 nitrogen and oxygen atoms in total. The van der Waals surface area contributed by atoms with Crippen LogP contribution in [0.25, 0.3) is 10.9 Å². The van der Waals surface area contributed by atoms with Gasteiger partial charge >= 0.3 is 5.97 Å². The highest BCUT2D eigenvalue weighted by atomic mass is 16.5. The molecule has 40 heavy (non-hydrogen) atoms. The lowest BCUT2D eigenvalue weighted by Crippen LogP contribution is -2.52. The number of aromatic amines is 1. The quantitative estimate of drug-likeness (QED) is 0.241. The van der Waals surface area contributed by atoms with Crippen LogP contribution in [-0.4, -0.2) is 79.0 Å². The first-order chi connectivity index (χ1) is 19.4. The Morgan fingerprint density at radius 1 is 1.07 bits per heavy atom. The summed E-state index contributed by atoms with van der Waals surface area (Å²) >= 11 is 0. The molecule has 1 aliphatic rings. The van der Waals surface area contributed by atoms with E-state index in [-0.39, 0.29) is 11.8 Å². The van der Waals surface area contributed by atoms with Crippen LogP contribution in [0, 0.1) is 0 Å². The first-order valence-electron chi connectivity index (χ1n) is 13.2. The van der Waals surface area contributed by atoms with Crippen LogP contribution in [0.2, 0.25) is 0 Å². The number of anilines is 1. The van der Waals surface area contributed by atoms with Gasteiger partial charge in [0.2, 0.25) is 5.91 Å². The maximum atomic E-state index is 13.0. The number of carbonyl (C=O) groups is 2. The smallest absolute Gasteiger partial charge is 0.337 e. The Balaban J connectivity index is 1.46. The zero-order valence-electron chi connectivity index (χ0n) is 22.8. The zero-order valence-corrected chi connectivity index (χ0v) is 22.8. The van der Waals surface area contributed by atoms with Gasteiger partial charge in [-0.1, -0.05) is 36.4 Å². The summed E-state index contributed by atoms with van der Waals surface area (Å²) < 4.78 is 4.83. The number of aromatic nitrogens is 1. The first kappa shape index (κ1) is 27.1. The van der Waals surface area contributed by atoms with Crippen molar-refractivity contribution < 1.29 is 19.4 Å². The third kappa shape index (κ3) is 5.61. The molecule has 0 spiro atoms. The highest BCUT2D eigenvalue weighted by molar-refractivity contribution is 6.22. The third-order valence-electron chi connectivity index (χ3n) is 7.31. The predicted molar refractivity (Wildman–Crippen MR) is 157 cm³/mol. The number of nitrogens with zero attached hydrogens (tertiary/aromatic N) is 3. The topological polar surface area (TPSA) is 110 Å². The van der Waals surface area contributed by atoms with Gasteiger partial charge in [0.1, 0.15) is 0 Å². The molecule has 0 saturated carbocycles. The van der Waals surface area contributed by atoms with Gasteiger partial charge < -0.3 is 25.0 Å². The van der Waals surface area contributed by atoms with Gasteiger partial charge in [0, 0.05) is 54.9 Å². The van der Waals surface area contributed by atoms with E-state index in [1.165, 1.54) is 7.11 Å². The van der Waals surface area contributed by atoms with Crippen LogP contribution in [0.4, 0.5) is 11.4 Å². The molecule has 1 amide bonds. The van der Waals surface area contributed by atoms with Crippen LogP contribution in [0.15, 0.2) is 77.8 Å². The zero-order chi connectivity index (χ0) is 28.2. The number of aliphatic imine (C=N–C) groups is 1. The van der Waals surface area contributed by atoms with E-state index in [0.717, 1.165) is 36.3 Å². The van der Waals surface area contributed by atoms with Crippen LogP contribution >= 0.6 is 0 Å². The fraction of sp³-hybridized carbons (Fsp3) is 0.258. The third-order valence-corrected chi connectivity index (χ3v) is 7.31. The average Bonchev–Trinajstić information content (AvgIpc) is 3.31. The molecule has 1 aromatic heterocycles. The van der Waals surface area contributed by atoms with Crippen molar-refractivity contribution in [2.45, 2.75) is 13.0 Å². The van der Waals surface area contributed by atoms with Crippen molar-refractivity contribution in [1.82, 2.24) is 15.2 Å². The summed E-state index contributed by atoms with van der Waals surface area (Å²) in [6.45, 7) is 5.11. The van der Waals surface area contributed by atoms with Crippen LogP contribution in [0.1, 0.15) is 28.4 Å². The summed E-state index contributed by atoms with van der Waals surface area (Å²) in [6.07, 6.45) is 0. The Morgan fingerprint density at radius 2 is 1.82 bits per heavy atom. The van der Waals surface area contributed by atoms with E-state index in [0.29, 0.717) is 40.6 Å². The van der Waals surface area contributed by atoms with E-state index in [4.69, 9.17) is 9.73 Å². The molecule has 3 N–H and O–H groups in total. The Morgan fingerprint density at radius 3 is 2.52 bits per heavy atom. The van der Waals surface area contributed by atoms with Crippen molar-refractivity contribution in [3.05, 3.63) is 89.5 Å². The maximum absolute atomic E-state index is 13.0. The Kier molecular flexibility index (Phi) is 7.95. The Labute approximate surface area is 233 Å². The number of methoxy groups -OCH3 is 1. The number of ether oxygens (including phenoxy) is 1. The van der Waals surface area contributed by atoms with E-state index in [1.54, 1.807) is 30.1 Å². The number of nitrogens with one attached hydrogen (secondary N) is 2. The molecule has 206 valence electrons. The fourth-order valence-corrected chi connectivity index (χ4v) is 4.95. The number of H-pyrrole nitrogens is 1. The van der Waals surface area contributed by atoms with Crippen molar-refractivity contribution >= 4 is 39.9 Å². The number of hydrogen-bond acceptors (Lipinski definition) is 7. The lowest BCUT2D eigenvalue weighted by molar-refractivity contribution is -0.120. The highest BCUT2D eigenvalue weighted by Crippen LogP contribution is 2.32. The van der Waals surface area contributed by atoms with Crippen molar-refractivity contribution in [2.75, 3.05) is 45.2 Å². The van der Waals surface area contributed by atoms with Crippen molar-refractivity contribution in [3.8, 4) is 5.88 Å². The molecule has 2 heterocycles. The number of carbonyl (C=O) groups excluding carboxylic acids is 2. The molecule has 0 bridgehead atoms. The predicted octanol–water partition coefficient (Wildman–Crippen LogP) is 4.09. The summed E-state index contributed by atoms with van der Waals surface area (Å²) in [4.78, 5) is 36.8. The van der Waals surface area contributed by atoms with Gasteiger partial charge in [0.15, 0.2) is 5.88 Å². The Hall–Kier alpha value is -4.47. The maximum Gasteiger partial charge on any atom is 0.337 e. The minimum absolute atomic E-state index is 0.0324. The molecular weight excluding hydrogens is 506 g/mol. The number of benzene rings is 3. The minimum atomic E-state index is -0.458. The Bertz CT molecular complexity index is 1550. The fourth-order valence-electron chi connectivity index (χ4n) is 4.95. The van der Waals surface area contributed by atoms with E-state index in [1.807, 2.05) is 54.6 Å². The molecule has 1 unspecified atom stereocenters. The molecule has 3 aromatic carbocycles. The number of likely N-dealkylation sites (N-methyl/N-ethyl adjacent to an activating group) is 1. The van der Waals surface area contributed by atoms with Gasteiger partial charge in [0.25, 0.3) is 0 Å². The summed E-state index contributed by atoms with van der Waals surface area (Å²) in [6, 6.07) is 22.5. The second-order valence-corrected chi connectivity index (χ2v) is 9.92. The lowest BCUT2D eigenvalue weighted by Gasteiger charge is -2.34. The van der Waals surface area contributed by atoms with Crippen LogP contribution in [0.5, 0.6) is 5.88 Å². The van der Waals surface area contributed by atoms with Crippen molar-refractivity contribution in [2.24, 2.45) is 4.99 Å². The monoisotopic (exact) mass is 539 g/mol. The molecule has 5 rings (SSSR count). The highest BCUT2D eigenvalue weighted by Gasteiger charge is 2.23. The summed E-state index contributed by atoms with van der Waals surface area (Å²) in [5.41, 5.74) is 4.32. The number of fused-ring (bicyclic) bond motifs is 1. The number of rotatable bonds is 7. The number of aromatic hydroxyl groups is 1. The summed E-state index contributed by atoms with van der Waals surface area (Å²) in [7, 11) is 3.12. The van der Waals surface area contributed by atoms with Gasteiger partial charge in [-0.05, 0) is 43.3 Å². The van der Waals surface area contributed by atoms with Gasteiger partial charge in [-0.25, -0.2) is 9.79 Å². The molecule has 1 aliphatic heterocycles. The van der Waals surface area contributed by atoms with E-state index < -0.39 is 5.97 Å². The van der Waals surface area contributed by atoms with E-state index >= 15 is 0 Å². The van der Waals surface area contributed by atoms with Crippen molar-refractivity contribution in [1.29, 1.82) is 0 Å². The molecule has 0 aliphatic carbocycles. The minimum Gasteiger partial charge on any atom is -0.494 e. The van der Waals surface area contributed by atoms with Gasteiger partial charge in [-0.3, -0.25) is 9.69 Å². The van der Waals surface area contributed by atoms with Gasteiger partial charge in [-0.2, -0.15) is 0 Å². The largest absolute Gasteiger partial charge is 0.494 e. The van der Waals surface area contributed by atoms with Crippen LogP contribution in [0.3, 0.4) is 0 Å². The second-order valence-electron chi connectivity index (χ2n) is 9.92. The number of hydrogen-bond donors (Lipinski definition) is 3. The van der Waals surface area contributed by atoms with E-state index in [9.17, 15) is 14.7 Å². The molecule has 4 aromatic rings. The molecule has 0 radical (unpaired) electrons. The molecule has 9 heteroatoms. The molecule has 1 fully saturated rings. The standard InChI is InChI=1S/C31H33N5O4/c1-20-18-32-15-16-36(20)19-27(37)35(2)24-12-10-23(11-13-24)33-29(21-7-5-4-6-8-21)28-25-14-9-22(31(39)40-3)17-26(25)34-30(28)38/h4-14,17,20,32,34,38H,15-16,18-19H2,1-3H3. The SMILES string of the molecule is COC(=O)c1ccc2c(C(=Nc3ccc(N(C)C(=O)CN4CCNCC4C)cc3)c3ccccc3)c(O)[nH]c2c1. The average molecular weight is 540 g/mol. The first-order valence-corrected chi connectivity index (χ1v) is 13.2.